The van der Waals surface area contributed by atoms with E-state index in [1.165, 1.54) is 0 Å². The molecule has 0 aromatic carbocycles. The molecule has 3 N–H and O–H groups in total. The third kappa shape index (κ3) is 3.19. The molecule has 2 fully saturated rings. The topological polar surface area (TPSA) is 69.6 Å². The van der Waals surface area contributed by atoms with Crippen molar-refractivity contribution in [3.8, 4) is 0 Å². The Morgan fingerprint density at radius 1 is 0.941 bits per heavy atom. The highest BCUT2D eigenvalue weighted by molar-refractivity contribution is 5.79. The second-order valence-electron chi connectivity index (χ2n) is 5.44. The molecule has 0 spiro atoms. The Bertz CT molecular complexity index is 263. The maximum atomic E-state index is 12.0. The van der Waals surface area contributed by atoms with Crippen LogP contribution in [-0.2, 0) is 4.79 Å². The molecule has 2 aliphatic rings. The molecule has 2 aliphatic carbocycles. The first-order valence-electron chi connectivity index (χ1n) is 6.85. The van der Waals surface area contributed by atoms with Crippen LogP contribution >= 0.6 is 0 Å². The molecule has 4 heteroatoms. The molecule has 0 aliphatic heterocycles. The summed E-state index contributed by atoms with van der Waals surface area (Å²) in [5.41, 5.74) is 0. The van der Waals surface area contributed by atoms with Crippen LogP contribution in [0, 0.1) is 5.92 Å². The van der Waals surface area contributed by atoms with Gasteiger partial charge in [-0.3, -0.25) is 4.79 Å². The second-order valence-corrected chi connectivity index (χ2v) is 5.44. The van der Waals surface area contributed by atoms with E-state index in [-0.39, 0.29) is 17.9 Å². The minimum absolute atomic E-state index is 0.0700. The monoisotopic (exact) mass is 241 g/mol. The van der Waals surface area contributed by atoms with E-state index < -0.39 is 12.2 Å². The smallest absolute Gasteiger partial charge is 0.223 e. The van der Waals surface area contributed by atoms with Gasteiger partial charge in [-0.05, 0) is 25.7 Å². The van der Waals surface area contributed by atoms with Gasteiger partial charge in [0.1, 0.15) is 0 Å². The normalized spacial score (nSPS) is 35.5. The first-order chi connectivity index (χ1) is 8.18. The van der Waals surface area contributed by atoms with Gasteiger partial charge in [0.15, 0.2) is 0 Å². The van der Waals surface area contributed by atoms with E-state index in [2.05, 4.69) is 5.32 Å². The van der Waals surface area contributed by atoms with Crippen molar-refractivity contribution in [1.82, 2.24) is 5.32 Å². The van der Waals surface area contributed by atoms with Gasteiger partial charge < -0.3 is 15.5 Å². The number of aliphatic hydroxyl groups is 2. The molecule has 17 heavy (non-hydrogen) atoms. The van der Waals surface area contributed by atoms with Crippen LogP contribution in [0.15, 0.2) is 0 Å². The van der Waals surface area contributed by atoms with Crippen molar-refractivity contribution in [1.29, 1.82) is 0 Å². The average Bonchev–Trinajstić information content (AvgIpc) is 2.80. The Balaban J connectivity index is 1.89. The van der Waals surface area contributed by atoms with E-state index in [9.17, 15) is 15.0 Å². The van der Waals surface area contributed by atoms with E-state index in [1.54, 1.807) is 0 Å². The standard InChI is InChI=1S/C13H23NO3/c15-11-8-4-3-7-10(12(11)16)14-13(17)9-5-1-2-6-9/h9-12,15-16H,1-8H2,(H,14,17)/t10-,11-,12-/m1/s1. The summed E-state index contributed by atoms with van der Waals surface area (Å²) >= 11 is 0. The van der Waals surface area contributed by atoms with Crippen LogP contribution in [0.1, 0.15) is 51.4 Å². The van der Waals surface area contributed by atoms with Crippen molar-refractivity contribution in [3.63, 3.8) is 0 Å². The first kappa shape index (κ1) is 12.8. The Kier molecular flexibility index (Phi) is 4.40. The SMILES string of the molecule is O=C(N[C@@H]1CCCC[C@@H](O)[C@@H]1O)C1CCCC1. The van der Waals surface area contributed by atoms with Crippen LogP contribution in [0.25, 0.3) is 0 Å². The van der Waals surface area contributed by atoms with Gasteiger partial charge in [0.25, 0.3) is 0 Å². The van der Waals surface area contributed by atoms with Crippen molar-refractivity contribution in [3.05, 3.63) is 0 Å². The summed E-state index contributed by atoms with van der Waals surface area (Å²) in [5.74, 6) is 0.197. The third-order valence-corrected chi connectivity index (χ3v) is 4.13. The highest BCUT2D eigenvalue weighted by atomic mass is 16.3. The average molecular weight is 241 g/mol. The summed E-state index contributed by atoms with van der Waals surface area (Å²) in [7, 11) is 0. The van der Waals surface area contributed by atoms with Gasteiger partial charge in [-0.25, -0.2) is 0 Å². The van der Waals surface area contributed by atoms with Crippen LogP contribution in [0.3, 0.4) is 0 Å². The van der Waals surface area contributed by atoms with Crippen LogP contribution in [0.2, 0.25) is 0 Å². The minimum atomic E-state index is -0.803. The molecule has 1 amide bonds. The largest absolute Gasteiger partial charge is 0.390 e. The number of aliphatic hydroxyl groups excluding tert-OH is 2. The van der Waals surface area contributed by atoms with Gasteiger partial charge in [0.05, 0.1) is 18.2 Å². The molecular formula is C13H23NO3. The zero-order valence-corrected chi connectivity index (χ0v) is 10.3. The molecule has 2 saturated carbocycles. The maximum Gasteiger partial charge on any atom is 0.223 e. The first-order valence-corrected chi connectivity index (χ1v) is 6.85. The maximum absolute atomic E-state index is 12.0. The quantitative estimate of drug-likeness (QED) is 0.631. The number of carbonyl (C=O) groups excluding carboxylic acids is 1. The minimum Gasteiger partial charge on any atom is -0.390 e. The van der Waals surface area contributed by atoms with Gasteiger partial charge >= 0.3 is 0 Å². The fourth-order valence-corrected chi connectivity index (χ4v) is 2.97. The fourth-order valence-electron chi connectivity index (χ4n) is 2.97. The molecule has 0 aromatic heterocycles. The lowest BCUT2D eigenvalue weighted by molar-refractivity contribution is -0.127. The van der Waals surface area contributed by atoms with Crippen molar-refractivity contribution < 1.29 is 15.0 Å². The van der Waals surface area contributed by atoms with Gasteiger partial charge in [-0.15, -0.1) is 0 Å². The number of carbonyl (C=O) groups is 1. The van der Waals surface area contributed by atoms with E-state index in [4.69, 9.17) is 0 Å². The summed E-state index contributed by atoms with van der Waals surface area (Å²) in [6, 6.07) is -0.263. The van der Waals surface area contributed by atoms with E-state index >= 15 is 0 Å². The van der Waals surface area contributed by atoms with Crippen molar-refractivity contribution in [2.24, 2.45) is 5.92 Å². The predicted molar refractivity (Wildman–Crippen MR) is 64.4 cm³/mol. The lowest BCUT2D eigenvalue weighted by Gasteiger charge is -2.26. The summed E-state index contributed by atoms with van der Waals surface area (Å²) < 4.78 is 0. The van der Waals surface area contributed by atoms with Gasteiger partial charge in [-0.1, -0.05) is 25.7 Å². The third-order valence-electron chi connectivity index (χ3n) is 4.13. The number of nitrogens with one attached hydrogen (secondary N) is 1. The molecule has 0 radical (unpaired) electrons. The molecule has 98 valence electrons. The number of rotatable bonds is 2. The zero-order valence-electron chi connectivity index (χ0n) is 10.3. The van der Waals surface area contributed by atoms with Crippen molar-refractivity contribution in [2.45, 2.75) is 69.6 Å². The molecule has 0 unspecified atom stereocenters. The van der Waals surface area contributed by atoms with Gasteiger partial charge in [0.2, 0.25) is 5.91 Å². The van der Waals surface area contributed by atoms with Crippen molar-refractivity contribution in [2.75, 3.05) is 0 Å². The number of hydrogen-bond donors (Lipinski definition) is 3. The summed E-state index contributed by atoms with van der Waals surface area (Å²) in [4.78, 5) is 12.0. The van der Waals surface area contributed by atoms with E-state index in [0.29, 0.717) is 6.42 Å². The number of hydrogen-bond acceptors (Lipinski definition) is 3. The number of amides is 1. The van der Waals surface area contributed by atoms with Crippen LogP contribution in [0.4, 0.5) is 0 Å². The lowest BCUT2D eigenvalue weighted by atomic mass is 10.0. The predicted octanol–water partition coefficient (Wildman–Crippen LogP) is 0.957. The summed E-state index contributed by atoms with van der Waals surface area (Å²) in [5, 5.41) is 22.6. The molecular weight excluding hydrogens is 218 g/mol. The summed E-state index contributed by atoms with van der Waals surface area (Å²) in [6.45, 7) is 0. The van der Waals surface area contributed by atoms with Crippen molar-refractivity contribution >= 4 is 5.91 Å². The Morgan fingerprint density at radius 3 is 2.24 bits per heavy atom. The van der Waals surface area contributed by atoms with Crippen LogP contribution in [0.5, 0.6) is 0 Å². The molecule has 2 rings (SSSR count). The fraction of sp³-hybridized carbons (Fsp3) is 0.923. The van der Waals surface area contributed by atoms with Gasteiger partial charge in [-0.2, -0.15) is 0 Å². The van der Waals surface area contributed by atoms with E-state index in [0.717, 1.165) is 44.9 Å². The Labute approximate surface area is 102 Å². The Morgan fingerprint density at radius 2 is 1.53 bits per heavy atom. The molecule has 0 heterocycles. The highest BCUT2D eigenvalue weighted by Crippen LogP contribution is 2.26. The van der Waals surface area contributed by atoms with Crippen LogP contribution in [-0.4, -0.2) is 34.4 Å². The van der Waals surface area contributed by atoms with E-state index in [1.807, 2.05) is 0 Å². The molecule has 0 saturated heterocycles. The molecule has 4 nitrogen and oxygen atoms in total. The molecule has 3 atom stereocenters. The zero-order chi connectivity index (χ0) is 12.3. The lowest BCUT2D eigenvalue weighted by Crippen LogP contribution is -2.48. The second kappa shape index (κ2) is 5.83. The Hall–Kier alpha value is -0.610. The summed E-state index contributed by atoms with van der Waals surface area (Å²) in [6.07, 6.45) is 6.01. The van der Waals surface area contributed by atoms with Crippen LogP contribution < -0.4 is 5.32 Å². The highest BCUT2D eigenvalue weighted by Gasteiger charge is 2.32. The molecule has 0 bridgehead atoms. The molecule has 0 aromatic rings. The van der Waals surface area contributed by atoms with Gasteiger partial charge in [0, 0.05) is 5.92 Å².